The molecule has 0 aliphatic carbocycles. The zero-order valence-corrected chi connectivity index (χ0v) is 12.9. The zero-order valence-electron chi connectivity index (χ0n) is 10.6. The molecular weight excluding hydrogens is 340 g/mol. The number of nitrogens with two attached hydrogens (primary N) is 1. The fourth-order valence-electron chi connectivity index (χ4n) is 2.52. The average molecular weight is 352 g/mol. The molecule has 0 unspecified atom stereocenters. The van der Waals surface area contributed by atoms with Gasteiger partial charge in [0.15, 0.2) is 0 Å². The normalized spacial score (nSPS) is 13.4. The largest absolute Gasteiger partial charge is 0.397 e. The number of hydrogen-bond donors (Lipinski definition) is 1. The fraction of sp³-hybridized carbons (Fsp3) is 0.133. The Morgan fingerprint density at radius 2 is 2.10 bits per heavy atom. The number of amides is 1. The Balaban J connectivity index is 2.02. The average Bonchev–Trinajstić information content (AvgIpc) is 2.82. The predicted octanol–water partition coefficient (Wildman–Crippen LogP) is 3.89. The second-order valence-corrected chi connectivity index (χ2v) is 6.07. The molecule has 0 fully saturated rings. The fourth-order valence-corrected chi connectivity index (χ4v) is 3.38. The van der Waals surface area contributed by atoms with Gasteiger partial charge in [-0.25, -0.2) is 0 Å². The molecule has 0 atom stereocenters. The lowest BCUT2D eigenvalue weighted by atomic mass is 10.1. The summed E-state index contributed by atoms with van der Waals surface area (Å²) in [5.41, 5.74) is 9.14. The molecule has 1 aliphatic rings. The molecule has 1 heterocycles. The Labute approximate surface area is 130 Å². The van der Waals surface area contributed by atoms with E-state index in [2.05, 4.69) is 15.9 Å². The van der Waals surface area contributed by atoms with Crippen LogP contribution in [0.2, 0.25) is 5.02 Å². The Morgan fingerprint density at radius 3 is 2.85 bits per heavy atom. The van der Waals surface area contributed by atoms with E-state index in [9.17, 15) is 4.79 Å². The quantitative estimate of drug-likeness (QED) is 0.792. The van der Waals surface area contributed by atoms with Crippen LogP contribution in [0.4, 0.5) is 11.4 Å². The topological polar surface area (TPSA) is 46.3 Å². The summed E-state index contributed by atoms with van der Waals surface area (Å²) in [6.45, 7) is 0.645. The first kappa shape index (κ1) is 13.5. The van der Waals surface area contributed by atoms with Crippen molar-refractivity contribution >= 4 is 44.8 Å². The minimum Gasteiger partial charge on any atom is -0.397 e. The van der Waals surface area contributed by atoms with E-state index in [-0.39, 0.29) is 5.91 Å². The maximum absolute atomic E-state index is 12.7. The van der Waals surface area contributed by atoms with Crippen LogP contribution in [0.3, 0.4) is 0 Å². The lowest BCUT2D eigenvalue weighted by molar-refractivity contribution is 0.0989. The van der Waals surface area contributed by atoms with Crippen LogP contribution in [0.1, 0.15) is 15.9 Å². The Kier molecular flexibility index (Phi) is 3.44. The van der Waals surface area contributed by atoms with E-state index in [1.807, 2.05) is 18.2 Å². The van der Waals surface area contributed by atoms with Gasteiger partial charge in [0, 0.05) is 21.6 Å². The number of anilines is 2. The first-order chi connectivity index (χ1) is 9.56. The van der Waals surface area contributed by atoms with E-state index in [1.54, 1.807) is 23.1 Å². The van der Waals surface area contributed by atoms with Crippen LogP contribution in [0.25, 0.3) is 0 Å². The monoisotopic (exact) mass is 350 g/mol. The van der Waals surface area contributed by atoms with Gasteiger partial charge in [0.05, 0.1) is 11.4 Å². The minimum atomic E-state index is -0.0788. The van der Waals surface area contributed by atoms with Gasteiger partial charge in [0.1, 0.15) is 0 Å². The van der Waals surface area contributed by atoms with Crippen LogP contribution >= 0.6 is 27.5 Å². The molecule has 0 saturated heterocycles. The van der Waals surface area contributed by atoms with Crippen LogP contribution in [-0.2, 0) is 6.42 Å². The highest BCUT2D eigenvalue weighted by Crippen LogP contribution is 2.35. The molecule has 0 spiro atoms. The van der Waals surface area contributed by atoms with Crippen molar-refractivity contribution in [3.05, 3.63) is 57.0 Å². The van der Waals surface area contributed by atoms with Crippen molar-refractivity contribution in [2.75, 3.05) is 17.2 Å². The summed E-state index contributed by atoms with van der Waals surface area (Å²) in [6.07, 6.45) is 0.827. The highest BCUT2D eigenvalue weighted by Gasteiger charge is 2.27. The number of rotatable bonds is 1. The molecular formula is C15H12BrClN2O. The minimum absolute atomic E-state index is 0.0788. The smallest absolute Gasteiger partial charge is 0.258 e. The summed E-state index contributed by atoms with van der Waals surface area (Å²) >= 11 is 9.36. The zero-order chi connectivity index (χ0) is 14.3. The van der Waals surface area contributed by atoms with Crippen LogP contribution < -0.4 is 10.6 Å². The van der Waals surface area contributed by atoms with Gasteiger partial charge in [0.2, 0.25) is 0 Å². The van der Waals surface area contributed by atoms with E-state index < -0.39 is 0 Å². The van der Waals surface area contributed by atoms with E-state index >= 15 is 0 Å². The van der Waals surface area contributed by atoms with Gasteiger partial charge in [0.25, 0.3) is 5.91 Å². The molecule has 2 aromatic rings. The molecule has 5 heteroatoms. The number of para-hydroxylation sites is 1. The molecule has 2 N–H and O–H groups in total. The Hall–Kier alpha value is -1.52. The van der Waals surface area contributed by atoms with Gasteiger partial charge in [-0.1, -0.05) is 39.7 Å². The number of carbonyl (C=O) groups is 1. The lowest BCUT2D eigenvalue weighted by Gasteiger charge is -2.19. The number of hydrogen-bond acceptors (Lipinski definition) is 2. The molecule has 102 valence electrons. The van der Waals surface area contributed by atoms with Crippen molar-refractivity contribution < 1.29 is 4.79 Å². The van der Waals surface area contributed by atoms with Crippen molar-refractivity contribution in [1.82, 2.24) is 0 Å². The number of carbonyl (C=O) groups excluding carboxylic acids is 1. The van der Waals surface area contributed by atoms with Crippen molar-refractivity contribution in [2.24, 2.45) is 0 Å². The molecule has 1 aliphatic heterocycles. The van der Waals surface area contributed by atoms with Gasteiger partial charge in [-0.2, -0.15) is 0 Å². The summed E-state index contributed by atoms with van der Waals surface area (Å²) in [5.74, 6) is -0.0788. The number of benzene rings is 2. The lowest BCUT2D eigenvalue weighted by Crippen LogP contribution is -2.29. The maximum Gasteiger partial charge on any atom is 0.258 e. The standard InChI is InChI=1S/C15H12BrClN2O/c16-11-6-10(7-12(17)8-11)15(20)19-5-4-9-2-1-3-13(18)14(9)19/h1-3,6-8H,4-5,18H2. The Bertz CT molecular complexity index is 682. The van der Waals surface area contributed by atoms with Crippen molar-refractivity contribution in [1.29, 1.82) is 0 Å². The second-order valence-electron chi connectivity index (χ2n) is 4.72. The predicted molar refractivity (Wildman–Crippen MR) is 85.4 cm³/mol. The maximum atomic E-state index is 12.7. The van der Waals surface area contributed by atoms with Gasteiger partial charge in [-0.3, -0.25) is 4.79 Å². The highest BCUT2D eigenvalue weighted by molar-refractivity contribution is 9.10. The van der Waals surface area contributed by atoms with Gasteiger partial charge in [-0.15, -0.1) is 0 Å². The van der Waals surface area contributed by atoms with Gasteiger partial charge < -0.3 is 10.6 Å². The second kappa shape index (κ2) is 5.11. The first-order valence-electron chi connectivity index (χ1n) is 6.21. The van der Waals surface area contributed by atoms with Crippen molar-refractivity contribution in [3.8, 4) is 0 Å². The number of fused-ring (bicyclic) bond motifs is 1. The molecule has 0 radical (unpaired) electrons. The van der Waals surface area contributed by atoms with E-state index in [0.717, 1.165) is 22.1 Å². The SMILES string of the molecule is Nc1cccc2c1N(C(=O)c1cc(Cl)cc(Br)c1)CC2. The Morgan fingerprint density at radius 1 is 1.30 bits per heavy atom. The van der Waals surface area contributed by atoms with Crippen molar-refractivity contribution in [3.63, 3.8) is 0 Å². The van der Waals surface area contributed by atoms with Crippen molar-refractivity contribution in [2.45, 2.75) is 6.42 Å². The summed E-state index contributed by atoms with van der Waals surface area (Å²) in [5, 5.41) is 0.531. The highest BCUT2D eigenvalue weighted by atomic mass is 79.9. The molecule has 3 nitrogen and oxygen atoms in total. The third-order valence-corrected chi connectivity index (χ3v) is 4.06. The molecule has 3 rings (SSSR count). The summed E-state index contributed by atoms with van der Waals surface area (Å²) in [4.78, 5) is 14.4. The molecule has 20 heavy (non-hydrogen) atoms. The van der Waals surface area contributed by atoms with E-state index in [1.165, 1.54) is 0 Å². The van der Waals surface area contributed by atoms with E-state index in [0.29, 0.717) is 22.8 Å². The number of nitrogens with zero attached hydrogens (tertiary/aromatic N) is 1. The third-order valence-electron chi connectivity index (χ3n) is 3.38. The number of nitrogen functional groups attached to an aromatic ring is 1. The van der Waals surface area contributed by atoms with Gasteiger partial charge in [-0.05, 0) is 36.2 Å². The molecule has 0 saturated carbocycles. The van der Waals surface area contributed by atoms with Crippen LogP contribution in [-0.4, -0.2) is 12.5 Å². The molecule has 2 aromatic carbocycles. The molecule has 0 aromatic heterocycles. The van der Waals surface area contributed by atoms with Crippen LogP contribution in [0, 0.1) is 0 Å². The number of halogens is 2. The summed E-state index contributed by atoms with van der Waals surface area (Å²) in [7, 11) is 0. The van der Waals surface area contributed by atoms with Gasteiger partial charge >= 0.3 is 0 Å². The summed E-state index contributed by atoms with van der Waals surface area (Å²) < 4.78 is 0.786. The van der Waals surface area contributed by atoms with E-state index in [4.69, 9.17) is 17.3 Å². The first-order valence-corrected chi connectivity index (χ1v) is 7.38. The van der Waals surface area contributed by atoms with Crippen LogP contribution in [0.15, 0.2) is 40.9 Å². The molecule has 1 amide bonds. The molecule has 0 bridgehead atoms. The van der Waals surface area contributed by atoms with Crippen LogP contribution in [0.5, 0.6) is 0 Å². The third kappa shape index (κ3) is 2.30. The summed E-state index contributed by atoms with van der Waals surface area (Å²) in [6, 6.07) is 10.9.